The SMILES string of the molecule is CNC1CCCN(C(=O)C2CC(=O)N(c3cccc4ccccc34)C2)C1. The van der Waals surface area contributed by atoms with Gasteiger partial charge >= 0.3 is 0 Å². The summed E-state index contributed by atoms with van der Waals surface area (Å²) < 4.78 is 0. The molecule has 0 radical (unpaired) electrons. The average Bonchev–Trinajstić information content (AvgIpc) is 3.08. The van der Waals surface area contributed by atoms with Crippen LogP contribution in [0, 0.1) is 5.92 Å². The van der Waals surface area contributed by atoms with Crippen molar-refractivity contribution in [1.82, 2.24) is 10.2 Å². The van der Waals surface area contributed by atoms with Gasteiger partial charge in [0.15, 0.2) is 0 Å². The van der Waals surface area contributed by atoms with Crippen LogP contribution < -0.4 is 10.2 Å². The number of nitrogens with zero attached hydrogens (tertiary/aromatic N) is 2. The number of fused-ring (bicyclic) bond motifs is 1. The van der Waals surface area contributed by atoms with Gasteiger partial charge in [0.25, 0.3) is 0 Å². The Labute approximate surface area is 154 Å². The Morgan fingerprint density at radius 3 is 2.77 bits per heavy atom. The molecule has 2 aliphatic rings. The summed E-state index contributed by atoms with van der Waals surface area (Å²) in [5.74, 6) is -0.0695. The first-order valence-corrected chi connectivity index (χ1v) is 9.41. The molecule has 0 aromatic heterocycles. The Morgan fingerprint density at radius 1 is 1.12 bits per heavy atom. The molecule has 2 aromatic rings. The lowest BCUT2D eigenvalue weighted by Gasteiger charge is -2.34. The molecule has 5 nitrogen and oxygen atoms in total. The molecule has 2 fully saturated rings. The highest BCUT2D eigenvalue weighted by atomic mass is 16.2. The minimum absolute atomic E-state index is 0.0434. The van der Waals surface area contributed by atoms with Crippen LogP contribution in [0.4, 0.5) is 5.69 Å². The molecule has 2 aromatic carbocycles. The standard InChI is InChI=1S/C21H25N3O2/c1-22-17-8-5-11-23(14-17)21(26)16-12-20(25)24(13-16)19-10-4-7-15-6-2-3-9-18(15)19/h2-4,6-7,9-10,16-17,22H,5,8,11-14H2,1H3. The third-order valence-corrected chi connectivity index (χ3v) is 5.67. The lowest BCUT2D eigenvalue weighted by Crippen LogP contribution is -2.49. The van der Waals surface area contributed by atoms with E-state index in [1.54, 1.807) is 4.90 Å². The van der Waals surface area contributed by atoms with Gasteiger partial charge in [0.1, 0.15) is 0 Å². The van der Waals surface area contributed by atoms with Crippen molar-refractivity contribution in [3.05, 3.63) is 42.5 Å². The molecule has 0 aliphatic carbocycles. The molecule has 4 rings (SSSR count). The molecular weight excluding hydrogens is 326 g/mol. The van der Waals surface area contributed by atoms with Crippen molar-refractivity contribution < 1.29 is 9.59 Å². The maximum Gasteiger partial charge on any atom is 0.228 e. The zero-order valence-corrected chi connectivity index (χ0v) is 15.1. The van der Waals surface area contributed by atoms with E-state index in [-0.39, 0.29) is 17.7 Å². The number of benzene rings is 2. The van der Waals surface area contributed by atoms with Crippen LogP contribution in [0.2, 0.25) is 0 Å². The number of carbonyl (C=O) groups is 2. The van der Waals surface area contributed by atoms with Crippen molar-refractivity contribution in [3.8, 4) is 0 Å². The number of hydrogen-bond acceptors (Lipinski definition) is 3. The molecule has 2 amide bonds. The summed E-state index contributed by atoms with van der Waals surface area (Å²) in [6, 6.07) is 14.4. The number of rotatable bonds is 3. The second-order valence-corrected chi connectivity index (χ2v) is 7.32. The minimum Gasteiger partial charge on any atom is -0.341 e. The number of likely N-dealkylation sites (tertiary alicyclic amines) is 1. The fourth-order valence-corrected chi connectivity index (χ4v) is 4.22. The van der Waals surface area contributed by atoms with Gasteiger partial charge in [-0.3, -0.25) is 9.59 Å². The van der Waals surface area contributed by atoms with Crippen molar-refractivity contribution >= 4 is 28.3 Å². The Morgan fingerprint density at radius 2 is 1.92 bits per heavy atom. The van der Waals surface area contributed by atoms with Crippen LogP contribution >= 0.6 is 0 Å². The van der Waals surface area contributed by atoms with Gasteiger partial charge in [-0.05, 0) is 31.3 Å². The smallest absolute Gasteiger partial charge is 0.228 e. The van der Waals surface area contributed by atoms with Crippen LogP contribution in [-0.2, 0) is 9.59 Å². The van der Waals surface area contributed by atoms with Gasteiger partial charge in [-0.2, -0.15) is 0 Å². The number of amides is 2. The Bertz CT molecular complexity index is 830. The van der Waals surface area contributed by atoms with E-state index in [1.807, 2.05) is 54.4 Å². The predicted octanol–water partition coefficient (Wildman–Crippen LogP) is 2.40. The van der Waals surface area contributed by atoms with Crippen LogP contribution in [0.1, 0.15) is 19.3 Å². The lowest BCUT2D eigenvalue weighted by molar-refractivity contribution is -0.137. The second kappa shape index (κ2) is 7.08. The maximum atomic E-state index is 13.0. The van der Waals surface area contributed by atoms with E-state index in [2.05, 4.69) is 5.32 Å². The van der Waals surface area contributed by atoms with E-state index < -0.39 is 0 Å². The van der Waals surface area contributed by atoms with E-state index in [1.165, 1.54) is 0 Å². The monoisotopic (exact) mass is 351 g/mol. The Kier molecular flexibility index (Phi) is 4.64. The van der Waals surface area contributed by atoms with Gasteiger partial charge < -0.3 is 15.1 Å². The summed E-state index contributed by atoms with van der Waals surface area (Å²) >= 11 is 0. The minimum atomic E-state index is -0.239. The first-order chi connectivity index (χ1) is 12.7. The molecule has 2 saturated heterocycles. The summed E-state index contributed by atoms with van der Waals surface area (Å²) in [6.07, 6.45) is 2.43. The number of piperidine rings is 1. The Balaban J connectivity index is 1.54. The zero-order chi connectivity index (χ0) is 18.1. The van der Waals surface area contributed by atoms with Crippen molar-refractivity contribution in [2.45, 2.75) is 25.3 Å². The third kappa shape index (κ3) is 3.07. The second-order valence-electron chi connectivity index (χ2n) is 7.32. The van der Waals surface area contributed by atoms with Crippen LogP contribution in [0.15, 0.2) is 42.5 Å². The maximum absolute atomic E-state index is 13.0. The van der Waals surface area contributed by atoms with Crippen molar-refractivity contribution in [3.63, 3.8) is 0 Å². The van der Waals surface area contributed by atoms with Crippen LogP contribution in [0.25, 0.3) is 10.8 Å². The molecular formula is C21H25N3O2. The molecule has 2 unspecified atom stereocenters. The largest absolute Gasteiger partial charge is 0.341 e. The van der Waals surface area contributed by atoms with Gasteiger partial charge in [-0.25, -0.2) is 0 Å². The van der Waals surface area contributed by atoms with E-state index in [9.17, 15) is 9.59 Å². The number of nitrogens with one attached hydrogen (secondary N) is 1. The average molecular weight is 351 g/mol. The molecule has 1 N–H and O–H groups in total. The van der Waals surface area contributed by atoms with Crippen molar-refractivity contribution in [1.29, 1.82) is 0 Å². The number of carbonyl (C=O) groups excluding carboxylic acids is 2. The summed E-state index contributed by atoms with van der Waals surface area (Å²) in [6.45, 7) is 2.02. The zero-order valence-electron chi connectivity index (χ0n) is 15.1. The lowest BCUT2D eigenvalue weighted by atomic mass is 10.0. The van der Waals surface area contributed by atoms with Gasteiger partial charge in [0, 0.05) is 37.5 Å². The molecule has 5 heteroatoms. The molecule has 2 atom stereocenters. The molecule has 0 saturated carbocycles. The fraction of sp³-hybridized carbons (Fsp3) is 0.429. The fourth-order valence-electron chi connectivity index (χ4n) is 4.22. The van der Waals surface area contributed by atoms with Crippen molar-refractivity contribution in [2.24, 2.45) is 5.92 Å². The summed E-state index contributed by atoms with van der Waals surface area (Å²) in [5, 5.41) is 5.44. The van der Waals surface area contributed by atoms with Crippen LogP contribution in [-0.4, -0.2) is 49.4 Å². The number of anilines is 1. The van der Waals surface area contributed by atoms with Gasteiger partial charge in [-0.1, -0.05) is 36.4 Å². The van der Waals surface area contributed by atoms with Gasteiger partial charge in [0.2, 0.25) is 11.8 Å². The topological polar surface area (TPSA) is 52.7 Å². The van der Waals surface area contributed by atoms with Gasteiger partial charge in [0.05, 0.1) is 11.6 Å². The van der Waals surface area contributed by atoms with Gasteiger partial charge in [-0.15, -0.1) is 0 Å². The molecule has 0 spiro atoms. The molecule has 136 valence electrons. The van der Waals surface area contributed by atoms with E-state index in [0.29, 0.717) is 19.0 Å². The van der Waals surface area contributed by atoms with E-state index in [0.717, 1.165) is 42.4 Å². The summed E-state index contributed by atoms with van der Waals surface area (Å²) in [4.78, 5) is 29.4. The molecule has 2 aliphatic heterocycles. The third-order valence-electron chi connectivity index (χ3n) is 5.67. The first-order valence-electron chi connectivity index (χ1n) is 9.41. The quantitative estimate of drug-likeness (QED) is 0.924. The van der Waals surface area contributed by atoms with Crippen LogP contribution in [0.5, 0.6) is 0 Å². The number of hydrogen-bond donors (Lipinski definition) is 1. The summed E-state index contributed by atoms with van der Waals surface area (Å²) in [7, 11) is 1.94. The first kappa shape index (κ1) is 17.0. The predicted molar refractivity (Wildman–Crippen MR) is 103 cm³/mol. The van der Waals surface area contributed by atoms with E-state index in [4.69, 9.17) is 0 Å². The van der Waals surface area contributed by atoms with Crippen molar-refractivity contribution in [2.75, 3.05) is 31.6 Å². The highest BCUT2D eigenvalue weighted by Gasteiger charge is 2.38. The molecule has 26 heavy (non-hydrogen) atoms. The highest BCUT2D eigenvalue weighted by Crippen LogP contribution is 2.32. The van der Waals surface area contributed by atoms with E-state index >= 15 is 0 Å². The number of likely N-dealkylation sites (N-methyl/N-ethyl adjacent to an activating group) is 1. The normalized spacial score (nSPS) is 23.7. The Hall–Kier alpha value is -2.40. The van der Waals surface area contributed by atoms with Crippen LogP contribution in [0.3, 0.4) is 0 Å². The molecule has 0 bridgehead atoms. The highest BCUT2D eigenvalue weighted by molar-refractivity contribution is 6.07. The molecule has 2 heterocycles. The summed E-state index contributed by atoms with van der Waals surface area (Å²) in [5.41, 5.74) is 0.912.